The number of aliphatic carboxylic acids is 1. The molecule has 0 aliphatic carbocycles. The second-order valence-electron chi connectivity index (χ2n) is 5.53. The van der Waals surface area contributed by atoms with Crippen LogP contribution in [-0.2, 0) is 14.4 Å². The van der Waals surface area contributed by atoms with E-state index in [2.05, 4.69) is 5.32 Å². The number of rotatable bonds is 6. The summed E-state index contributed by atoms with van der Waals surface area (Å²) in [7, 11) is 1.48. The third-order valence-corrected chi connectivity index (χ3v) is 3.04. The lowest BCUT2D eigenvalue weighted by Gasteiger charge is -2.23. The van der Waals surface area contributed by atoms with E-state index >= 15 is 0 Å². The first-order chi connectivity index (χ1) is 9.72. The van der Waals surface area contributed by atoms with Gasteiger partial charge in [-0.3, -0.25) is 14.4 Å². The van der Waals surface area contributed by atoms with Crippen molar-refractivity contribution in [1.82, 2.24) is 4.90 Å². The number of amides is 2. The fraction of sp³-hybridized carbons (Fsp3) is 0.400. The van der Waals surface area contributed by atoms with E-state index in [1.54, 1.807) is 24.3 Å². The maximum atomic E-state index is 11.9. The zero-order valence-corrected chi connectivity index (χ0v) is 12.4. The molecule has 0 fully saturated rings. The maximum absolute atomic E-state index is 11.9. The molecule has 0 heterocycles. The van der Waals surface area contributed by atoms with Crippen LogP contribution in [0.15, 0.2) is 30.3 Å². The maximum Gasteiger partial charge on any atom is 0.309 e. The highest BCUT2D eigenvalue weighted by Gasteiger charge is 2.31. The lowest BCUT2D eigenvalue weighted by atomic mass is 9.89. The van der Waals surface area contributed by atoms with Gasteiger partial charge in [-0.05, 0) is 26.0 Å². The molecular formula is C15H20N2O4. The number of carboxylic acid groups (broad SMARTS) is 1. The minimum Gasteiger partial charge on any atom is -0.481 e. The second-order valence-corrected chi connectivity index (χ2v) is 5.53. The summed E-state index contributed by atoms with van der Waals surface area (Å²) >= 11 is 0. The monoisotopic (exact) mass is 292 g/mol. The predicted octanol–water partition coefficient (Wildman–Crippen LogP) is 1.58. The van der Waals surface area contributed by atoms with Crippen LogP contribution in [0.3, 0.4) is 0 Å². The first-order valence-electron chi connectivity index (χ1n) is 6.54. The van der Waals surface area contributed by atoms with Crippen molar-refractivity contribution in [3.8, 4) is 0 Å². The normalized spacial score (nSPS) is 10.8. The molecule has 2 amide bonds. The van der Waals surface area contributed by atoms with Gasteiger partial charge in [-0.2, -0.15) is 0 Å². The number of hydrogen-bond acceptors (Lipinski definition) is 3. The predicted molar refractivity (Wildman–Crippen MR) is 78.7 cm³/mol. The zero-order valence-electron chi connectivity index (χ0n) is 12.4. The van der Waals surface area contributed by atoms with Gasteiger partial charge < -0.3 is 15.3 Å². The molecule has 114 valence electrons. The number of para-hydroxylation sites is 1. The van der Waals surface area contributed by atoms with Crippen LogP contribution in [0.2, 0.25) is 0 Å². The fourth-order valence-corrected chi connectivity index (χ4v) is 1.61. The molecular weight excluding hydrogens is 272 g/mol. The Morgan fingerprint density at radius 1 is 1.19 bits per heavy atom. The molecule has 0 spiro atoms. The van der Waals surface area contributed by atoms with Gasteiger partial charge in [0.25, 0.3) is 0 Å². The Bertz CT molecular complexity index is 526. The van der Waals surface area contributed by atoms with Crippen molar-refractivity contribution in [3.63, 3.8) is 0 Å². The van der Waals surface area contributed by atoms with Crippen molar-refractivity contribution in [1.29, 1.82) is 0 Å². The first kappa shape index (κ1) is 16.7. The molecule has 0 saturated heterocycles. The van der Waals surface area contributed by atoms with E-state index < -0.39 is 11.4 Å². The molecule has 0 unspecified atom stereocenters. The van der Waals surface area contributed by atoms with Crippen molar-refractivity contribution in [2.75, 3.05) is 18.9 Å². The third-order valence-electron chi connectivity index (χ3n) is 3.04. The quantitative estimate of drug-likeness (QED) is 0.833. The van der Waals surface area contributed by atoms with Crippen LogP contribution in [0, 0.1) is 5.41 Å². The van der Waals surface area contributed by atoms with Crippen LogP contribution in [0.5, 0.6) is 0 Å². The number of carbonyl (C=O) groups excluding carboxylic acids is 2. The number of carboxylic acids is 1. The van der Waals surface area contributed by atoms with Crippen LogP contribution in [0.25, 0.3) is 0 Å². The minimum absolute atomic E-state index is 0.122. The van der Waals surface area contributed by atoms with Crippen LogP contribution in [-0.4, -0.2) is 41.4 Å². The van der Waals surface area contributed by atoms with E-state index in [1.165, 1.54) is 25.8 Å². The van der Waals surface area contributed by atoms with Crippen molar-refractivity contribution >= 4 is 23.5 Å². The van der Waals surface area contributed by atoms with Gasteiger partial charge in [0.2, 0.25) is 11.8 Å². The van der Waals surface area contributed by atoms with Crippen molar-refractivity contribution in [2.24, 2.45) is 5.41 Å². The van der Waals surface area contributed by atoms with E-state index in [9.17, 15) is 14.4 Å². The number of nitrogens with one attached hydrogen (secondary N) is 1. The van der Waals surface area contributed by atoms with E-state index in [1.807, 2.05) is 6.07 Å². The summed E-state index contributed by atoms with van der Waals surface area (Å²) in [5, 5.41) is 11.7. The Morgan fingerprint density at radius 3 is 2.29 bits per heavy atom. The number of carbonyl (C=O) groups is 3. The summed E-state index contributed by atoms with van der Waals surface area (Å²) in [5.41, 5.74) is -0.504. The molecule has 1 rings (SSSR count). The Morgan fingerprint density at radius 2 is 1.76 bits per heavy atom. The van der Waals surface area contributed by atoms with Gasteiger partial charge in [0, 0.05) is 19.2 Å². The summed E-state index contributed by atoms with van der Waals surface area (Å²) in [4.78, 5) is 36.0. The Kier molecular flexibility index (Phi) is 5.46. The topological polar surface area (TPSA) is 86.7 Å². The molecule has 0 aliphatic heterocycles. The Balaban J connectivity index is 2.52. The fourth-order valence-electron chi connectivity index (χ4n) is 1.61. The van der Waals surface area contributed by atoms with Gasteiger partial charge in [0.05, 0.1) is 12.0 Å². The van der Waals surface area contributed by atoms with Crippen LogP contribution < -0.4 is 5.32 Å². The molecule has 1 aromatic carbocycles. The summed E-state index contributed by atoms with van der Waals surface area (Å²) < 4.78 is 0. The standard InChI is InChI=1S/C15H20N2O4/c1-15(2,14(20)21)9-13(19)17(3)10-12(18)16-11-7-5-4-6-8-11/h4-8H,9-10H2,1-3H3,(H,16,18)(H,20,21). The Labute approximate surface area is 123 Å². The van der Waals surface area contributed by atoms with E-state index in [0.717, 1.165) is 0 Å². The van der Waals surface area contributed by atoms with E-state index in [4.69, 9.17) is 5.11 Å². The summed E-state index contributed by atoms with van der Waals surface area (Å²) in [6, 6.07) is 8.90. The molecule has 0 bridgehead atoms. The molecule has 0 atom stereocenters. The van der Waals surface area contributed by atoms with Crippen molar-refractivity contribution in [2.45, 2.75) is 20.3 Å². The number of anilines is 1. The van der Waals surface area contributed by atoms with Gasteiger partial charge in [0.1, 0.15) is 0 Å². The first-order valence-corrected chi connectivity index (χ1v) is 6.54. The van der Waals surface area contributed by atoms with Crippen molar-refractivity contribution in [3.05, 3.63) is 30.3 Å². The van der Waals surface area contributed by atoms with Gasteiger partial charge >= 0.3 is 5.97 Å². The zero-order chi connectivity index (χ0) is 16.0. The molecule has 0 radical (unpaired) electrons. The molecule has 21 heavy (non-hydrogen) atoms. The van der Waals surface area contributed by atoms with Crippen LogP contribution >= 0.6 is 0 Å². The average Bonchev–Trinajstić information content (AvgIpc) is 2.38. The second kappa shape index (κ2) is 6.88. The van der Waals surface area contributed by atoms with Gasteiger partial charge in [-0.1, -0.05) is 18.2 Å². The number of nitrogens with zero attached hydrogens (tertiary/aromatic N) is 1. The average molecular weight is 292 g/mol. The lowest BCUT2D eigenvalue weighted by Crippen LogP contribution is -2.38. The van der Waals surface area contributed by atoms with Gasteiger partial charge in [-0.15, -0.1) is 0 Å². The van der Waals surface area contributed by atoms with Gasteiger partial charge in [-0.25, -0.2) is 0 Å². The van der Waals surface area contributed by atoms with Crippen LogP contribution in [0.4, 0.5) is 5.69 Å². The SMILES string of the molecule is CN(CC(=O)Nc1ccccc1)C(=O)CC(C)(C)C(=O)O. The summed E-state index contributed by atoms with van der Waals surface area (Å²) in [6.07, 6.45) is -0.155. The van der Waals surface area contributed by atoms with Crippen LogP contribution in [0.1, 0.15) is 20.3 Å². The minimum atomic E-state index is -1.15. The molecule has 1 aromatic rings. The summed E-state index contributed by atoms with van der Waals surface area (Å²) in [5.74, 6) is -1.76. The Hall–Kier alpha value is -2.37. The van der Waals surface area contributed by atoms with E-state index in [-0.39, 0.29) is 24.8 Å². The number of hydrogen-bond donors (Lipinski definition) is 2. The largest absolute Gasteiger partial charge is 0.481 e. The molecule has 6 heteroatoms. The molecule has 0 aromatic heterocycles. The number of benzene rings is 1. The highest BCUT2D eigenvalue weighted by molar-refractivity contribution is 5.95. The van der Waals surface area contributed by atoms with Crippen molar-refractivity contribution < 1.29 is 19.5 Å². The molecule has 0 aliphatic rings. The highest BCUT2D eigenvalue weighted by Crippen LogP contribution is 2.21. The smallest absolute Gasteiger partial charge is 0.309 e. The third kappa shape index (κ3) is 5.25. The molecule has 2 N–H and O–H groups in total. The molecule has 6 nitrogen and oxygen atoms in total. The summed E-state index contributed by atoms with van der Waals surface area (Å²) in [6.45, 7) is 2.83. The van der Waals surface area contributed by atoms with E-state index in [0.29, 0.717) is 5.69 Å². The lowest BCUT2D eigenvalue weighted by molar-refractivity contribution is -0.151. The highest BCUT2D eigenvalue weighted by atomic mass is 16.4. The number of likely N-dealkylation sites (N-methyl/N-ethyl adjacent to an activating group) is 1. The molecule has 0 saturated carbocycles. The van der Waals surface area contributed by atoms with Gasteiger partial charge in [0.15, 0.2) is 0 Å².